The fourth-order valence-electron chi connectivity index (χ4n) is 1.73. The molecule has 0 unspecified atom stereocenters. The molecule has 1 rings (SSSR count). The zero-order chi connectivity index (χ0) is 18.9. The van der Waals surface area contributed by atoms with Crippen LogP contribution >= 0.6 is 0 Å². The van der Waals surface area contributed by atoms with Crippen molar-refractivity contribution in [2.75, 3.05) is 13.2 Å². The van der Waals surface area contributed by atoms with Gasteiger partial charge in [0.2, 0.25) is 10.0 Å². The van der Waals surface area contributed by atoms with Gasteiger partial charge in [0.25, 0.3) is 5.91 Å². The van der Waals surface area contributed by atoms with E-state index in [0.29, 0.717) is 0 Å². The summed E-state index contributed by atoms with van der Waals surface area (Å²) < 4.78 is 31.0. The lowest BCUT2D eigenvalue weighted by Gasteiger charge is -2.11. The Kier molecular flexibility index (Phi) is 8.04. The zero-order valence-electron chi connectivity index (χ0n) is 14.1. The summed E-state index contributed by atoms with van der Waals surface area (Å²) in [5.41, 5.74) is 0.132. The number of carbonyl (C=O) groups is 2. The lowest BCUT2D eigenvalue weighted by molar-refractivity contribution is -0.124. The third-order valence-corrected chi connectivity index (χ3v) is 4.76. The Morgan fingerprint density at radius 2 is 1.92 bits per heavy atom. The quantitative estimate of drug-likeness (QED) is 0.494. The number of sulfonamides is 1. The van der Waals surface area contributed by atoms with Crippen LogP contribution in [0.2, 0.25) is 0 Å². The van der Waals surface area contributed by atoms with Gasteiger partial charge in [-0.1, -0.05) is 6.92 Å². The molecule has 0 saturated carbocycles. The van der Waals surface area contributed by atoms with Gasteiger partial charge in [0.1, 0.15) is 0 Å². The molecule has 1 aromatic carbocycles. The first-order valence-corrected chi connectivity index (χ1v) is 9.21. The lowest BCUT2D eigenvalue weighted by atomic mass is 10.2. The molecule has 0 fully saturated rings. The van der Waals surface area contributed by atoms with Gasteiger partial charge in [0, 0.05) is 19.0 Å². The van der Waals surface area contributed by atoms with Gasteiger partial charge in [-0.05, 0) is 37.6 Å². The molecular formula is C16H21N3O5S. The van der Waals surface area contributed by atoms with Crippen molar-refractivity contribution < 1.29 is 22.7 Å². The van der Waals surface area contributed by atoms with Crippen LogP contribution in [0.5, 0.6) is 0 Å². The molecule has 0 radical (unpaired) electrons. The van der Waals surface area contributed by atoms with E-state index in [9.17, 15) is 18.0 Å². The third kappa shape index (κ3) is 6.91. The minimum atomic E-state index is -3.73. The van der Waals surface area contributed by atoms with Gasteiger partial charge >= 0.3 is 5.97 Å². The highest BCUT2D eigenvalue weighted by Gasteiger charge is 2.16. The second kappa shape index (κ2) is 9.76. The molecule has 0 aliphatic heterocycles. The fourth-order valence-corrected chi connectivity index (χ4v) is 2.76. The first kappa shape index (κ1) is 20.6. The molecular weight excluding hydrogens is 346 g/mol. The monoisotopic (exact) mass is 367 g/mol. The maximum Gasteiger partial charge on any atom is 0.338 e. The van der Waals surface area contributed by atoms with Crippen LogP contribution in [0.4, 0.5) is 0 Å². The summed E-state index contributed by atoms with van der Waals surface area (Å²) in [6.07, 6.45) is 0.820. The van der Waals surface area contributed by atoms with E-state index >= 15 is 0 Å². The van der Waals surface area contributed by atoms with Crippen LogP contribution in [0, 0.1) is 11.3 Å². The molecule has 25 heavy (non-hydrogen) atoms. The molecule has 9 heteroatoms. The second-order valence-electron chi connectivity index (χ2n) is 5.28. The minimum absolute atomic E-state index is 0.00786. The zero-order valence-corrected chi connectivity index (χ0v) is 14.9. The first-order chi connectivity index (χ1) is 11.8. The molecule has 0 heterocycles. The largest absolute Gasteiger partial charge is 0.452 e. The molecule has 0 aromatic heterocycles. The summed E-state index contributed by atoms with van der Waals surface area (Å²) in [7, 11) is -3.73. The van der Waals surface area contributed by atoms with E-state index in [0.717, 1.165) is 6.42 Å². The summed E-state index contributed by atoms with van der Waals surface area (Å²) >= 11 is 0. The van der Waals surface area contributed by atoms with Crippen molar-refractivity contribution >= 4 is 21.9 Å². The number of hydrogen-bond acceptors (Lipinski definition) is 6. The second-order valence-corrected chi connectivity index (χ2v) is 7.05. The minimum Gasteiger partial charge on any atom is -0.452 e. The van der Waals surface area contributed by atoms with Crippen molar-refractivity contribution in [1.29, 1.82) is 5.26 Å². The van der Waals surface area contributed by atoms with Crippen molar-refractivity contribution in [2.45, 2.75) is 37.6 Å². The smallest absolute Gasteiger partial charge is 0.338 e. The van der Waals surface area contributed by atoms with Crippen LogP contribution in [0.1, 0.15) is 37.0 Å². The Labute approximate surface area is 147 Å². The summed E-state index contributed by atoms with van der Waals surface area (Å²) in [5, 5.41) is 11.1. The van der Waals surface area contributed by atoms with Crippen LogP contribution in [-0.2, 0) is 19.6 Å². The maximum atomic E-state index is 11.9. The molecule has 0 spiro atoms. The van der Waals surface area contributed by atoms with E-state index < -0.39 is 28.5 Å². The Bertz CT molecular complexity index is 738. The Morgan fingerprint density at radius 3 is 2.48 bits per heavy atom. The summed E-state index contributed by atoms with van der Waals surface area (Å²) in [6.45, 7) is 3.36. The predicted octanol–water partition coefficient (Wildman–Crippen LogP) is 0.950. The van der Waals surface area contributed by atoms with Gasteiger partial charge in [0.15, 0.2) is 6.61 Å². The third-order valence-electron chi connectivity index (χ3n) is 3.28. The highest BCUT2D eigenvalue weighted by molar-refractivity contribution is 7.89. The number of nitrogens with one attached hydrogen (secondary N) is 2. The van der Waals surface area contributed by atoms with Crippen molar-refractivity contribution in [2.24, 2.45) is 0 Å². The first-order valence-electron chi connectivity index (χ1n) is 7.73. The van der Waals surface area contributed by atoms with Gasteiger partial charge in [0.05, 0.1) is 16.5 Å². The lowest BCUT2D eigenvalue weighted by Crippen LogP contribution is -2.35. The van der Waals surface area contributed by atoms with Crippen molar-refractivity contribution in [3.05, 3.63) is 29.8 Å². The molecule has 0 aliphatic carbocycles. The molecule has 1 aromatic rings. The summed E-state index contributed by atoms with van der Waals surface area (Å²) in [5.74, 6) is -1.12. The van der Waals surface area contributed by atoms with E-state index in [1.54, 1.807) is 0 Å². The van der Waals surface area contributed by atoms with Crippen LogP contribution < -0.4 is 10.0 Å². The number of amides is 1. The molecule has 8 nitrogen and oxygen atoms in total. The summed E-state index contributed by atoms with van der Waals surface area (Å²) in [6, 6.07) is 6.93. The normalized spacial score (nSPS) is 12.0. The SMILES string of the molecule is CC[C@H](C)NC(=O)COC(=O)c1ccc(S(=O)(=O)NCCC#N)cc1. The highest BCUT2D eigenvalue weighted by Crippen LogP contribution is 2.11. The molecule has 1 amide bonds. The van der Waals surface area contributed by atoms with Gasteiger partial charge in [-0.15, -0.1) is 0 Å². The number of carbonyl (C=O) groups excluding carboxylic acids is 2. The molecule has 0 aliphatic rings. The van der Waals surface area contributed by atoms with Crippen molar-refractivity contribution in [1.82, 2.24) is 10.0 Å². The van der Waals surface area contributed by atoms with Crippen LogP contribution in [0.15, 0.2) is 29.2 Å². The molecule has 0 bridgehead atoms. The molecule has 0 saturated heterocycles. The number of ether oxygens (including phenoxy) is 1. The molecule has 136 valence electrons. The van der Waals surface area contributed by atoms with Gasteiger partial charge in [-0.25, -0.2) is 17.9 Å². The molecule has 1 atom stereocenters. The number of nitriles is 1. The average molecular weight is 367 g/mol. The standard InChI is InChI=1S/C16H21N3O5S/c1-3-12(2)19-15(20)11-24-16(21)13-5-7-14(8-6-13)25(22,23)18-10-4-9-17/h5-8,12,18H,3-4,10-11H2,1-2H3,(H,19,20)/t12-/m0/s1. The van der Waals surface area contributed by atoms with E-state index in [1.807, 2.05) is 19.9 Å². The Morgan fingerprint density at radius 1 is 1.28 bits per heavy atom. The fraction of sp³-hybridized carbons (Fsp3) is 0.438. The van der Waals surface area contributed by atoms with Gasteiger partial charge in [-0.2, -0.15) is 5.26 Å². The van der Waals surface area contributed by atoms with Crippen LogP contribution in [-0.4, -0.2) is 39.5 Å². The summed E-state index contributed by atoms with van der Waals surface area (Å²) in [4.78, 5) is 23.4. The van der Waals surface area contributed by atoms with Crippen LogP contribution in [0.25, 0.3) is 0 Å². The number of benzene rings is 1. The Hall–Kier alpha value is -2.44. The van der Waals surface area contributed by atoms with E-state index in [4.69, 9.17) is 10.00 Å². The van der Waals surface area contributed by atoms with Gasteiger partial charge in [-0.3, -0.25) is 4.79 Å². The van der Waals surface area contributed by atoms with Crippen molar-refractivity contribution in [3.8, 4) is 6.07 Å². The van der Waals surface area contributed by atoms with E-state index in [1.165, 1.54) is 24.3 Å². The highest BCUT2D eigenvalue weighted by atomic mass is 32.2. The van der Waals surface area contributed by atoms with Crippen LogP contribution in [0.3, 0.4) is 0 Å². The predicted molar refractivity (Wildman–Crippen MR) is 90.0 cm³/mol. The van der Waals surface area contributed by atoms with E-state index in [-0.39, 0.29) is 29.5 Å². The number of rotatable bonds is 9. The maximum absolute atomic E-state index is 11.9. The Balaban J connectivity index is 2.62. The number of hydrogen-bond donors (Lipinski definition) is 2. The van der Waals surface area contributed by atoms with Gasteiger partial charge < -0.3 is 10.1 Å². The number of nitrogens with zero attached hydrogens (tertiary/aromatic N) is 1. The van der Waals surface area contributed by atoms with E-state index in [2.05, 4.69) is 10.0 Å². The topological polar surface area (TPSA) is 125 Å². The molecule has 2 N–H and O–H groups in total. The van der Waals surface area contributed by atoms with Crippen molar-refractivity contribution in [3.63, 3.8) is 0 Å². The average Bonchev–Trinajstić information content (AvgIpc) is 2.59. The number of esters is 1.